The number of rotatable bonds is 2. The quantitative estimate of drug-likeness (QED) is 0.717. The number of benzene rings is 1. The summed E-state index contributed by atoms with van der Waals surface area (Å²) >= 11 is 0. The van der Waals surface area contributed by atoms with Gasteiger partial charge in [-0.25, -0.2) is 0 Å². The maximum atomic E-state index is 5.89. The van der Waals surface area contributed by atoms with Crippen molar-refractivity contribution >= 4 is 16.8 Å². The first-order valence-corrected chi connectivity index (χ1v) is 9.07. The van der Waals surface area contributed by atoms with Gasteiger partial charge in [0.15, 0.2) is 11.6 Å². The predicted molar refractivity (Wildman–Crippen MR) is 98.6 cm³/mol. The van der Waals surface area contributed by atoms with Crippen molar-refractivity contribution in [2.75, 3.05) is 25.0 Å². The van der Waals surface area contributed by atoms with Crippen LogP contribution >= 0.6 is 0 Å². The molecule has 3 aromatic rings. The number of nitrogens with zero attached hydrogens (tertiary/aromatic N) is 4. The number of aromatic nitrogens is 2. The minimum absolute atomic E-state index is 0.643. The van der Waals surface area contributed by atoms with Gasteiger partial charge in [0.2, 0.25) is 0 Å². The van der Waals surface area contributed by atoms with Crippen molar-refractivity contribution in [1.29, 1.82) is 0 Å². The molecule has 5 rings (SSSR count). The Kier molecular flexibility index (Phi) is 3.48. The molecule has 2 aromatic heterocycles. The van der Waals surface area contributed by atoms with Crippen LogP contribution in [0.5, 0.6) is 0 Å². The number of fused-ring (bicyclic) bond motifs is 3. The van der Waals surface area contributed by atoms with Crippen LogP contribution in [0.4, 0.5) is 5.82 Å². The molecule has 0 amide bonds. The maximum Gasteiger partial charge on any atom is 0.155 e. The Hall–Kier alpha value is -2.40. The Morgan fingerprint density at radius 2 is 1.80 bits per heavy atom. The van der Waals surface area contributed by atoms with Gasteiger partial charge in [0.1, 0.15) is 11.3 Å². The number of para-hydroxylation sites is 1. The molecule has 0 spiro atoms. The monoisotopic (exact) mass is 334 g/mol. The molecule has 0 radical (unpaired) electrons. The summed E-state index contributed by atoms with van der Waals surface area (Å²) in [5.74, 6) is 1.75. The summed E-state index contributed by atoms with van der Waals surface area (Å²) in [7, 11) is 2.27. The van der Waals surface area contributed by atoms with Crippen LogP contribution in [0.15, 0.2) is 46.9 Å². The minimum atomic E-state index is 0.643. The minimum Gasteiger partial charge on any atom is -0.454 e. The first-order valence-electron chi connectivity index (χ1n) is 9.07. The molecule has 0 N–H and O–H groups in total. The lowest BCUT2D eigenvalue weighted by atomic mass is 9.92. The summed E-state index contributed by atoms with van der Waals surface area (Å²) < 4.78 is 5.89. The fourth-order valence-corrected chi connectivity index (χ4v) is 4.24. The second kappa shape index (κ2) is 5.85. The molecule has 2 bridgehead atoms. The largest absolute Gasteiger partial charge is 0.454 e. The molecule has 5 heteroatoms. The lowest BCUT2D eigenvalue weighted by Gasteiger charge is -2.48. The van der Waals surface area contributed by atoms with Crippen LogP contribution < -0.4 is 4.90 Å². The molecule has 25 heavy (non-hydrogen) atoms. The Morgan fingerprint density at radius 1 is 1.00 bits per heavy atom. The van der Waals surface area contributed by atoms with Gasteiger partial charge in [0.05, 0.1) is 0 Å². The predicted octanol–water partition coefficient (Wildman–Crippen LogP) is 3.56. The standard InChI is InChI=1S/C20H22N4O/c1-23-15-6-4-7-16(23)13-24(12-15)20-10-9-17(21-22-20)19-11-14-5-2-3-8-18(14)25-19/h2-3,5,8-11,15-16H,4,6-7,12-13H2,1H3. The summed E-state index contributed by atoms with van der Waals surface area (Å²) in [6.45, 7) is 2.09. The molecule has 0 aliphatic carbocycles. The van der Waals surface area contributed by atoms with E-state index in [1.807, 2.05) is 36.4 Å². The summed E-state index contributed by atoms with van der Waals surface area (Å²) in [6.07, 6.45) is 3.92. The summed E-state index contributed by atoms with van der Waals surface area (Å²) in [5, 5.41) is 10.0. The number of hydrogen-bond donors (Lipinski definition) is 0. The van der Waals surface area contributed by atoms with Crippen LogP contribution in [-0.2, 0) is 0 Å². The maximum absolute atomic E-state index is 5.89. The number of piperidine rings is 1. The molecule has 2 atom stereocenters. The van der Waals surface area contributed by atoms with Crippen LogP contribution in [0.25, 0.3) is 22.4 Å². The van der Waals surface area contributed by atoms with Gasteiger partial charge in [-0.2, -0.15) is 0 Å². The van der Waals surface area contributed by atoms with E-state index < -0.39 is 0 Å². The van der Waals surface area contributed by atoms with Gasteiger partial charge in [-0.3, -0.25) is 4.90 Å². The zero-order chi connectivity index (χ0) is 16.8. The smallest absolute Gasteiger partial charge is 0.155 e. The average molecular weight is 334 g/mol. The van der Waals surface area contributed by atoms with Gasteiger partial charge in [-0.1, -0.05) is 24.6 Å². The second-order valence-electron chi connectivity index (χ2n) is 7.23. The molecule has 2 fully saturated rings. The number of furan rings is 1. The van der Waals surface area contributed by atoms with E-state index in [2.05, 4.69) is 33.1 Å². The van der Waals surface area contributed by atoms with E-state index >= 15 is 0 Å². The second-order valence-corrected chi connectivity index (χ2v) is 7.23. The first-order chi connectivity index (χ1) is 12.3. The van der Waals surface area contributed by atoms with E-state index in [4.69, 9.17) is 4.42 Å². The van der Waals surface area contributed by atoms with Crippen molar-refractivity contribution < 1.29 is 4.42 Å². The van der Waals surface area contributed by atoms with Crippen molar-refractivity contribution in [3.63, 3.8) is 0 Å². The Labute approximate surface area is 147 Å². The fraction of sp³-hybridized carbons (Fsp3) is 0.400. The third-order valence-corrected chi connectivity index (χ3v) is 5.74. The van der Waals surface area contributed by atoms with Crippen molar-refractivity contribution in [3.05, 3.63) is 42.5 Å². The molecule has 2 aliphatic heterocycles. The normalized spacial score (nSPS) is 24.0. The summed E-state index contributed by atoms with van der Waals surface area (Å²) in [5.41, 5.74) is 1.67. The van der Waals surface area contributed by atoms with Crippen molar-refractivity contribution in [3.8, 4) is 11.5 Å². The number of likely N-dealkylation sites (N-methyl/N-ethyl adjacent to an activating group) is 1. The van der Waals surface area contributed by atoms with Gasteiger partial charge in [-0.15, -0.1) is 10.2 Å². The van der Waals surface area contributed by atoms with E-state index in [-0.39, 0.29) is 0 Å². The molecule has 2 aliphatic rings. The Balaban J connectivity index is 1.40. The third-order valence-electron chi connectivity index (χ3n) is 5.74. The average Bonchev–Trinajstić information content (AvgIpc) is 3.06. The highest BCUT2D eigenvalue weighted by atomic mass is 16.3. The molecule has 128 valence electrons. The summed E-state index contributed by atoms with van der Waals surface area (Å²) in [6, 6.07) is 15.4. The van der Waals surface area contributed by atoms with Gasteiger partial charge in [0.25, 0.3) is 0 Å². The molecule has 2 unspecified atom stereocenters. The molecular formula is C20H22N4O. The van der Waals surface area contributed by atoms with Gasteiger partial charge < -0.3 is 9.32 Å². The lowest BCUT2D eigenvalue weighted by Crippen LogP contribution is -2.59. The van der Waals surface area contributed by atoms with Crippen LogP contribution in [0, 0.1) is 0 Å². The topological polar surface area (TPSA) is 45.4 Å². The van der Waals surface area contributed by atoms with Crippen LogP contribution in [-0.4, -0.2) is 47.3 Å². The number of piperazine rings is 1. The number of anilines is 1. The molecule has 4 heterocycles. The van der Waals surface area contributed by atoms with E-state index in [0.717, 1.165) is 41.3 Å². The van der Waals surface area contributed by atoms with Gasteiger partial charge in [0, 0.05) is 30.6 Å². The Morgan fingerprint density at radius 3 is 2.52 bits per heavy atom. The highest BCUT2D eigenvalue weighted by molar-refractivity contribution is 5.82. The molecule has 0 saturated carbocycles. The van der Waals surface area contributed by atoms with Crippen molar-refractivity contribution in [2.24, 2.45) is 0 Å². The Bertz CT molecular complexity index is 841. The highest BCUT2D eigenvalue weighted by Gasteiger charge is 2.35. The van der Waals surface area contributed by atoms with Crippen molar-refractivity contribution in [1.82, 2.24) is 15.1 Å². The SMILES string of the molecule is CN1C2CCCC1CN(c1ccc(-c3cc4ccccc4o3)nn1)C2. The number of hydrogen-bond acceptors (Lipinski definition) is 5. The molecular weight excluding hydrogens is 312 g/mol. The van der Waals surface area contributed by atoms with Crippen LogP contribution in [0.3, 0.4) is 0 Å². The van der Waals surface area contributed by atoms with E-state index in [1.165, 1.54) is 19.3 Å². The zero-order valence-corrected chi connectivity index (χ0v) is 14.4. The van der Waals surface area contributed by atoms with Crippen LogP contribution in [0.2, 0.25) is 0 Å². The third kappa shape index (κ3) is 2.59. The molecule has 2 saturated heterocycles. The van der Waals surface area contributed by atoms with Gasteiger partial charge in [-0.05, 0) is 44.2 Å². The first kappa shape index (κ1) is 14.9. The summed E-state index contributed by atoms with van der Waals surface area (Å²) in [4.78, 5) is 4.94. The van der Waals surface area contributed by atoms with E-state index in [0.29, 0.717) is 12.1 Å². The van der Waals surface area contributed by atoms with Crippen LogP contribution in [0.1, 0.15) is 19.3 Å². The van der Waals surface area contributed by atoms with E-state index in [9.17, 15) is 0 Å². The van der Waals surface area contributed by atoms with Crippen molar-refractivity contribution in [2.45, 2.75) is 31.3 Å². The van der Waals surface area contributed by atoms with Gasteiger partial charge >= 0.3 is 0 Å². The highest BCUT2D eigenvalue weighted by Crippen LogP contribution is 2.30. The van der Waals surface area contributed by atoms with E-state index in [1.54, 1.807) is 0 Å². The fourth-order valence-electron chi connectivity index (χ4n) is 4.24. The molecule has 1 aromatic carbocycles. The molecule has 5 nitrogen and oxygen atoms in total. The zero-order valence-electron chi connectivity index (χ0n) is 14.4. The lowest BCUT2D eigenvalue weighted by molar-refractivity contribution is 0.0946.